The highest BCUT2D eigenvalue weighted by Crippen LogP contribution is 2.45. The van der Waals surface area contributed by atoms with Crippen LogP contribution in [0.1, 0.15) is 87.4 Å². The molecule has 254 valence electrons. The van der Waals surface area contributed by atoms with E-state index in [9.17, 15) is 0 Å². The van der Waals surface area contributed by atoms with E-state index in [4.69, 9.17) is 9.97 Å². The van der Waals surface area contributed by atoms with Gasteiger partial charge in [-0.1, -0.05) is 160 Å². The smallest absolute Gasteiger partial charge is 0.0974 e. The normalized spacial score (nSPS) is 15.9. The van der Waals surface area contributed by atoms with Crippen molar-refractivity contribution in [3.05, 3.63) is 145 Å². The monoisotopic (exact) mass is 672 g/mol. The van der Waals surface area contributed by atoms with Crippen molar-refractivity contribution in [3.8, 4) is 33.4 Å². The van der Waals surface area contributed by atoms with Crippen molar-refractivity contribution in [1.29, 1.82) is 0 Å². The van der Waals surface area contributed by atoms with Gasteiger partial charge in [-0.05, 0) is 92.7 Å². The maximum absolute atomic E-state index is 5.50. The lowest BCUT2D eigenvalue weighted by molar-refractivity contribution is 0.437. The second-order valence-electron chi connectivity index (χ2n) is 15.3. The molecule has 0 radical (unpaired) electrons. The minimum atomic E-state index is 0.508. The first kappa shape index (κ1) is 31.4. The third kappa shape index (κ3) is 5.48. The number of hydrogen-bond acceptors (Lipinski definition) is 2. The van der Waals surface area contributed by atoms with Crippen molar-refractivity contribution < 1.29 is 0 Å². The van der Waals surface area contributed by atoms with Gasteiger partial charge in [0.05, 0.1) is 11.0 Å². The van der Waals surface area contributed by atoms with Gasteiger partial charge in [0.2, 0.25) is 0 Å². The Morgan fingerprint density at radius 1 is 0.365 bits per heavy atom. The molecule has 0 spiro atoms. The number of hydrogen-bond donors (Lipinski definition) is 0. The summed E-state index contributed by atoms with van der Waals surface area (Å²) in [6.45, 7) is 0. The van der Waals surface area contributed by atoms with Gasteiger partial charge in [0, 0.05) is 34.0 Å². The third-order valence-electron chi connectivity index (χ3n) is 12.2. The van der Waals surface area contributed by atoms with Gasteiger partial charge in [-0.15, -0.1) is 0 Å². The Bertz CT molecular complexity index is 2520. The Balaban J connectivity index is 1.14. The molecule has 2 aromatic heterocycles. The van der Waals surface area contributed by atoms with Crippen LogP contribution in [0.5, 0.6) is 0 Å². The van der Waals surface area contributed by atoms with Gasteiger partial charge in [0.15, 0.2) is 0 Å². The van der Waals surface area contributed by atoms with E-state index in [2.05, 4.69) is 133 Å². The minimum absolute atomic E-state index is 0.508. The molecule has 0 unspecified atom stereocenters. The minimum Gasteiger partial charge on any atom is -0.250 e. The Morgan fingerprint density at radius 3 is 1.44 bits per heavy atom. The van der Waals surface area contributed by atoms with Crippen LogP contribution in [0.4, 0.5) is 0 Å². The molecule has 2 aliphatic rings. The topological polar surface area (TPSA) is 25.8 Å². The number of pyridine rings is 2. The Labute approximate surface area is 306 Å². The molecule has 0 saturated heterocycles. The molecule has 0 amide bonds. The molecule has 0 bridgehead atoms. The Kier molecular flexibility index (Phi) is 8.05. The summed E-state index contributed by atoms with van der Waals surface area (Å²) in [5, 5.41) is 7.54. The lowest BCUT2D eigenvalue weighted by Gasteiger charge is -2.23. The lowest BCUT2D eigenvalue weighted by atomic mass is 9.84. The van der Waals surface area contributed by atoms with Gasteiger partial charge in [-0.3, -0.25) is 9.97 Å². The van der Waals surface area contributed by atoms with Crippen LogP contribution in [0.25, 0.3) is 76.7 Å². The molecule has 2 saturated carbocycles. The molecule has 8 aromatic rings. The molecule has 52 heavy (non-hydrogen) atoms. The zero-order valence-corrected chi connectivity index (χ0v) is 29.8. The molecule has 6 aromatic carbocycles. The van der Waals surface area contributed by atoms with E-state index < -0.39 is 0 Å². The van der Waals surface area contributed by atoms with Crippen molar-refractivity contribution in [3.63, 3.8) is 0 Å². The van der Waals surface area contributed by atoms with E-state index in [0.717, 1.165) is 11.0 Å². The highest BCUT2D eigenvalue weighted by molar-refractivity contribution is 6.21. The molecule has 2 heteroatoms. The van der Waals surface area contributed by atoms with Gasteiger partial charge >= 0.3 is 0 Å². The van der Waals surface area contributed by atoms with Gasteiger partial charge in [0.1, 0.15) is 0 Å². The molecule has 2 aliphatic carbocycles. The molecule has 10 rings (SSSR count). The first-order valence-electron chi connectivity index (χ1n) is 19.6. The zero-order chi connectivity index (χ0) is 34.4. The molecule has 2 nitrogen and oxygen atoms in total. The van der Waals surface area contributed by atoms with E-state index >= 15 is 0 Å². The fourth-order valence-corrected chi connectivity index (χ4v) is 9.55. The van der Waals surface area contributed by atoms with Crippen LogP contribution < -0.4 is 0 Å². The molecular weight excluding hydrogens is 629 g/mol. The Morgan fingerprint density at radius 2 is 0.846 bits per heavy atom. The fourth-order valence-electron chi connectivity index (χ4n) is 9.55. The van der Waals surface area contributed by atoms with Crippen LogP contribution in [-0.4, -0.2) is 9.97 Å². The fraction of sp³-hybridized carbons (Fsp3) is 0.240. The second kappa shape index (κ2) is 13.3. The summed E-state index contributed by atoms with van der Waals surface area (Å²) in [7, 11) is 0. The predicted molar refractivity (Wildman–Crippen MR) is 220 cm³/mol. The molecule has 0 atom stereocenters. The molecule has 0 N–H and O–H groups in total. The van der Waals surface area contributed by atoms with Crippen LogP contribution >= 0.6 is 0 Å². The Hall–Kier alpha value is -5.34. The van der Waals surface area contributed by atoms with Gasteiger partial charge in [-0.2, -0.15) is 0 Å². The third-order valence-corrected chi connectivity index (χ3v) is 12.2. The van der Waals surface area contributed by atoms with Gasteiger partial charge < -0.3 is 0 Å². The highest BCUT2D eigenvalue weighted by atomic mass is 14.8. The van der Waals surface area contributed by atoms with E-state index in [1.54, 1.807) is 0 Å². The highest BCUT2D eigenvalue weighted by Gasteiger charge is 2.23. The summed E-state index contributed by atoms with van der Waals surface area (Å²) < 4.78 is 0. The molecule has 2 heterocycles. The summed E-state index contributed by atoms with van der Waals surface area (Å²) in [5.41, 5.74) is 12.3. The van der Waals surface area contributed by atoms with Crippen LogP contribution in [0.3, 0.4) is 0 Å². The maximum atomic E-state index is 5.50. The number of rotatable bonds is 5. The predicted octanol–water partition coefficient (Wildman–Crippen LogP) is 14.2. The number of benzene rings is 6. The largest absolute Gasteiger partial charge is 0.250 e. The van der Waals surface area contributed by atoms with E-state index in [-0.39, 0.29) is 0 Å². The maximum Gasteiger partial charge on any atom is 0.0974 e. The van der Waals surface area contributed by atoms with Crippen LogP contribution in [0.2, 0.25) is 0 Å². The summed E-state index contributed by atoms with van der Waals surface area (Å²) in [6.07, 6.45) is 12.8. The molecule has 0 aliphatic heterocycles. The van der Waals surface area contributed by atoms with E-state index in [1.165, 1.54) is 141 Å². The van der Waals surface area contributed by atoms with E-state index in [1.807, 2.05) is 0 Å². The summed E-state index contributed by atoms with van der Waals surface area (Å²) in [6, 6.07) is 49.7. The molecular formula is C50H44N2. The first-order valence-corrected chi connectivity index (χ1v) is 19.6. The summed E-state index contributed by atoms with van der Waals surface area (Å²) in [5.74, 6) is 1.07. The standard InChI is InChI=1S/C50H44N2/c1-4-14-34(15-5-1)45-31-29-38-28-30-43-44(32-46(35-16-6-2-7-17-35)52-50(43)49(38)51-45)33-24-26-37(27-25-33)48-41-22-12-10-20-39(41)47(36-18-8-3-9-19-36)40-21-11-13-23-42(40)48/h3,8-13,18-32,34-35H,1-2,4-7,14-17H2. The second-order valence-corrected chi connectivity index (χ2v) is 15.3. The SMILES string of the molecule is c1ccc(-c2c3ccccc3c(-c3ccc(-c4cc(C5CCCCC5)nc5c4ccc4ccc(C6CCCCC6)nc45)cc3)c3ccccc23)cc1. The summed E-state index contributed by atoms with van der Waals surface area (Å²) >= 11 is 0. The lowest BCUT2D eigenvalue weighted by Crippen LogP contribution is -2.08. The van der Waals surface area contributed by atoms with Crippen molar-refractivity contribution >= 4 is 43.4 Å². The quantitative estimate of drug-likeness (QED) is 0.134. The zero-order valence-electron chi connectivity index (χ0n) is 29.8. The number of nitrogens with zero attached hydrogens (tertiary/aromatic N) is 2. The van der Waals surface area contributed by atoms with Crippen molar-refractivity contribution in [2.45, 2.75) is 76.0 Å². The average Bonchev–Trinajstić information content (AvgIpc) is 3.23. The van der Waals surface area contributed by atoms with Crippen LogP contribution in [0, 0.1) is 0 Å². The van der Waals surface area contributed by atoms with Gasteiger partial charge in [0.25, 0.3) is 0 Å². The van der Waals surface area contributed by atoms with Crippen LogP contribution in [0.15, 0.2) is 133 Å². The number of fused-ring (bicyclic) bond motifs is 5. The molecule has 2 fully saturated rings. The average molecular weight is 673 g/mol. The van der Waals surface area contributed by atoms with Crippen molar-refractivity contribution in [2.24, 2.45) is 0 Å². The van der Waals surface area contributed by atoms with E-state index in [0.29, 0.717) is 11.8 Å². The summed E-state index contributed by atoms with van der Waals surface area (Å²) in [4.78, 5) is 10.9. The first-order chi connectivity index (χ1) is 25.8. The van der Waals surface area contributed by atoms with Crippen molar-refractivity contribution in [2.75, 3.05) is 0 Å². The van der Waals surface area contributed by atoms with Crippen molar-refractivity contribution in [1.82, 2.24) is 9.97 Å². The number of aromatic nitrogens is 2. The van der Waals surface area contributed by atoms with Gasteiger partial charge in [-0.25, -0.2) is 0 Å². The van der Waals surface area contributed by atoms with Crippen LogP contribution in [-0.2, 0) is 0 Å².